The molecule has 0 unspecified atom stereocenters. The van der Waals surface area contributed by atoms with Gasteiger partial charge in [-0.3, -0.25) is 0 Å². The lowest BCUT2D eigenvalue weighted by Gasteiger charge is -1.98. The van der Waals surface area contributed by atoms with Crippen LogP contribution in [-0.4, -0.2) is 16.7 Å². The molecule has 0 aliphatic carbocycles. The Morgan fingerprint density at radius 1 is 1.41 bits per heavy atom. The maximum atomic E-state index is 5.92. The molecule has 0 fully saturated rings. The Bertz CT molecular complexity index is 515. The molecule has 1 heterocycles. The molecule has 0 amide bonds. The normalized spacial score (nSPS) is 10.8. The lowest BCUT2D eigenvalue weighted by Crippen LogP contribution is -2.11. The zero-order valence-electron chi connectivity index (χ0n) is 9.20. The summed E-state index contributed by atoms with van der Waals surface area (Å²) in [5.41, 5.74) is 0.844. The number of hydrogen-bond acceptors (Lipinski definition) is 4. The van der Waals surface area contributed by atoms with Gasteiger partial charge in [0.15, 0.2) is 0 Å². The third-order valence-electron chi connectivity index (χ3n) is 2.16. The molecule has 2 rings (SSSR count). The summed E-state index contributed by atoms with van der Waals surface area (Å²) in [5.74, 6) is 1.07. The highest BCUT2D eigenvalue weighted by atomic mass is 79.9. The van der Waals surface area contributed by atoms with Gasteiger partial charge >= 0.3 is 0 Å². The maximum absolute atomic E-state index is 5.92. The van der Waals surface area contributed by atoms with Gasteiger partial charge in [-0.1, -0.05) is 18.5 Å². The predicted octanol–water partition coefficient (Wildman–Crippen LogP) is 3.26. The molecule has 0 aliphatic rings. The van der Waals surface area contributed by atoms with Crippen LogP contribution in [0.4, 0.5) is 0 Å². The van der Waals surface area contributed by atoms with Gasteiger partial charge < -0.3 is 9.73 Å². The smallest absolute Gasteiger partial charge is 0.247 e. The van der Waals surface area contributed by atoms with Crippen molar-refractivity contribution < 1.29 is 4.42 Å². The highest BCUT2D eigenvalue weighted by Crippen LogP contribution is 2.28. The Morgan fingerprint density at radius 3 is 2.94 bits per heavy atom. The standard InChI is InChI=1S/C11H11BrClN3O/c1-2-14-6-10-15-16-11(17-10)7-3-4-9(13)8(12)5-7/h3-5,14H,2,6H2,1H3. The summed E-state index contributed by atoms with van der Waals surface area (Å²) < 4.78 is 6.33. The lowest BCUT2D eigenvalue weighted by atomic mass is 10.2. The van der Waals surface area contributed by atoms with E-state index in [1.807, 2.05) is 19.1 Å². The van der Waals surface area contributed by atoms with Crippen LogP contribution in [0.25, 0.3) is 11.5 Å². The van der Waals surface area contributed by atoms with Crippen molar-refractivity contribution in [3.63, 3.8) is 0 Å². The van der Waals surface area contributed by atoms with Crippen molar-refractivity contribution in [2.75, 3.05) is 6.54 Å². The van der Waals surface area contributed by atoms with Crippen LogP contribution in [0.2, 0.25) is 5.02 Å². The maximum Gasteiger partial charge on any atom is 0.247 e. The van der Waals surface area contributed by atoms with E-state index in [-0.39, 0.29) is 0 Å². The molecule has 0 saturated heterocycles. The zero-order valence-corrected chi connectivity index (χ0v) is 11.5. The quantitative estimate of drug-likeness (QED) is 0.940. The van der Waals surface area contributed by atoms with Gasteiger partial charge in [0.1, 0.15) is 0 Å². The van der Waals surface area contributed by atoms with Crippen molar-refractivity contribution in [1.29, 1.82) is 0 Å². The topological polar surface area (TPSA) is 51.0 Å². The molecule has 0 atom stereocenters. The molecule has 1 N–H and O–H groups in total. The largest absolute Gasteiger partial charge is 0.419 e. The van der Waals surface area contributed by atoms with E-state index in [4.69, 9.17) is 16.0 Å². The van der Waals surface area contributed by atoms with Gasteiger partial charge in [-0.25, -0.2) is 0 Å². The van der Waals surface area contributed by atoms with Crippen molar-refractivity contribution in [3.8, 4) is 11.5 Å². The molecular weight excluding hydrogens is 305 g/mol. The predicted molar refractivity (Wildman–Crippen MR) is 69.8 cm³/mol. The van der Waals surface area contributed by atoms with Crippen molar-refractivity contribution in [2.24, 2.45) is 0 Å². The van der Waals surface area contributed by atoms with Crippen LogP contribution in [0.3, 0.4) is 0 Å². The lowest BCUT2D eigenvalue weighted by molar-refractivity contribution is 0.482. The fraction of sp³-hybridized carbons (Fsp3) is 0.273. The molecule has 0 spiro atoms. The molecule has 4 nitrogen and oxygen atoms in total. The van der Waals surface area contributed by atoms with Crippen LogP contribution >= 0.6 is 27.5 Å². The van der Waals surface area contributed by atoms with Crippen LogP contribution < -0.4 is 5.32 Å². The first-order valence-corrected chi connectivity index (χ1v) is 6.36. The van der Waals surface area contributed by atoms with Crippen LogP contribution in [0.1, 0.15) is 12.8 Å². The minimum Gasteiger partial charge on any atom is -0.419 e. The van der Waals surface area contributed by atoms with Crippen molar-refractivity contribution in [1.82, 2.24) is 15.5 Å². The summed E-state index contributed by atoms with van der Waals surface area (Å²) in [6.07, 6.45) is 0. The first-order valence-electron chi connectivity index (χ1n) is 5.19. The Labute approximate surface area is 113 Å². The summed E-state index contributed by atoms with van der Waals surface area (Å²) in [5, 5.41) is 11.7. The molecular formula is C11H11BrClN3O. The van der Waals surface area contributed by atoms with E-state index in [9.17, 15) is 0 Å². The van der Waals surface area contributed by atoms with E-state index in [1.54, 1.807) is 6.07 Å². The number of hydrogen-bond donors (Lipinski definition) is 1. The monoisotopic (exact) mass is 315 g/mol. The highest BCUT2D eigenvalue weighted by Gasteiger charge is 2.09. The molecule has 1 aromatic heterocycles. The third-order valence-corrected chi connectivity index (χ3v) is 3.37. The summed E-state index contributed by atoms with van der Waals surface area (Å²) >= 11 is 9.28. The average molecular weight is 317 g/mol. The van der Waals surface area contributed by atoms with E-state index in [2.05, 4.69) is 31.4 Å². The third kappa shape index (κ3) is 3.06. The summed E-state index contributed by atoms with van der Waals surface area (Å²) in [6.45, 7) is 3.47. The van der Waals surface area contributed by atoms with Gasteiger partial charge in [0, 0.05) is 10.0 Å². The van der Waals surface area contributed by atoms with Crippen molar-refractivity contribution in [3.05, 3.63) is 33.6 Å². The van der Waals surface area contributed by atoms with Gasteiger partial charge in [0.05, 0.1) is 11.6 Å². The highest BCUT2D eigenvalue weighted by molar-refractivity contribution is 9.10. The second-order valence-corrected chi connectivity index (χ2v) is 4.67. The Kier molecular flexibility index (Phi) is 4.15. The molecule has 1 aromatic carbocycles. The van der Waals surface area contributed by atoms with Gasteiger partial charge in [0.25, 0.3) is 0 Å². The molecule has 2 aromatic rings. The van der Waals surface area contributed by atoms with Crippen LogP contribution in [0.15, 0.2) is 27.1 Å². The van der Waals surface area contributed by atoms with Crippen LogP contribution in [0.5, 0.6) is 0 Å². The fourth-order valence-electron chi connectivity index (χ4n) is 1.30. The minimum absolute atomic E-state index is 0.496. The second-order valence-electron chi connectivity index (χ2n) is 3.41. The molecule has 0 aliphatic heterocycles. The Balaban J connectivity index is 2.21. The summed E-state index contributed by atoms with van der Waals surface area (Å²) in [6, 6.07) is 5.49. The van der Waals surface area contributed by atoms with E-state index in [1.165, 1.54) is 0 Å². The Morgan fingerprint density at radius 2 is 2.24 bits per heavy atom. The zero-order chi connectivity index (χ0) is 12.3. The Hall–Kier alpha value is -0.910. The number of aromatic nitrogens is 2. The van der Waals surface area contributed by atoms with Gasteiger partial charge in [0.2, 0.25) is 11.8 Å². The average Bonchev–Trinajstić information content (AvgIpc) is 2.79. The SMILES string of the molecule is CCNCc1nnc(-c2ccc(Cl)c(Br)c2)o1. The van der Waals surface area contributed by atoms with E-state index >= 15 is 0 Å². The molecule has 0 bridgehead atoms. The number of benzene rings is 1. The summed E-state index contributed by atoms with van der Waals surface area (Å²) in [7, 11) is 0. The van der Waals surface area contributed by atoms with Crippen LogP contribution in [-0.2, 0) is 6.54 Å². The first kappa shape index (κ1) is 12.5. The number of nitrogens with one attached hydrogen (secondary N) is 1. The van der Waals surface area contributed by atoms with Crippen molar-refractivity contribution >= 4 is 27.5 Å². The molecule has 90 valence electrons. The first-order chi connectivity index (χ1) is 8.20. The summed E-state index contributed by atoms with van der Waals surface area (Å²) in [4.78, 5) is 0. The fourth-order valence-corrected chi connectivity index (χ4v) is 1.80. The van der Waals surface area contributed by atoms with E-state index < -0.39 is 0 Å². The molecule has 6 heteroatoms. The van der Waals surface area contributed by atoms with Gasteiger partial charge in [-0.2, -0.15) is 0 Å². The molecule has 0 radical (unpaired) electrons. The number of halogens is 2. The van der Waals surface area contributed by atoms with E-state index in [0.717, 1.165) is 16.6 Å². The number of nitrogens with zero attached hydrogens (tertiary/aromatic N) is 2. The van der Waals surface area contributed by atoms with Crippen LogP contribution in [0, 0.1) is 0 Å². The van der Waals surface area contributed by atoms with Crippen molar-refractivity contribution in [2.45, 2.75) is 13.5 Å². The van der Waals surface area contributed by atoms with Gasteiger partial charge in [-0.15, -0.1) is 10.2 Å². The minimum atomic E-state index is 0.496. The van der Waals surface area contributed by atoms with Gasteiger partial charge in [-0.05, 0) is 40.7 Å². The molecule has 0 saturated carbocycles. The van der Waals surface area contributed by atoms with E-state index in [0.29, 0.717) is 23.3 Å². The number of rotatable bonds is 4. The second kappa shape index (κ2) is 5.62. The molecule has 17 heavy (non-hydrogen) atoms.